The summed E-state index contributed by atoms with van der Waals surface area (Å²) in [6.45, 7) is 2.87. The zero-order chi connectivity index (χ0) is 21.6. The van der Waals surface area contributed by atoms with E-state index in [2.05, 4.69) is 22.1 Å². The second-order valence-electron chi connectivity index (χ2n) is 7.23. The lowest BCUT2D eigenvalue weighted by Crippen LogP contribution is -2.28. The van der Waals surface area contributed by atoms with Gasteiger partial charge in [-0.2, -0.15) is 0 Å². The van der Waals surface area contributed by atoms with Crippen molar-refractivity contribution in [3.63, 3.8) is 0 Å². The summed E-state index contributed by atoms with van der Waals surface area (Å²) in [5.74, 6) is 1.91. The fourth-order valence-electron chi connectivity index (χ4n) is 3.68. The number of benzene rings is 2. The maximum absolute atomic E-state index is 13.5. The first kappa shape index (κ1) is 19.6. The quantitative estimate of drug-likeness (QED) is 0.471. The molecular weight excluding hydrogens is 418 g/mol. The SMILES string of the molecule is CCCc1nnc2c(N(C)S(=O)(=O)c3ccc4c(c3)OCCO4)nc3ccccc3n12. The van der Waals surface area contributed by atoms with Gasteiger partial charge in [0, 0.05) is 19.5 Å². The van der Waals surface area contributed by atoms with Crippen molar-refractivity contribution in [1.29, 1.82) is 0 Å². The Labute approximate surface area is 179 Å². The Balaban J connectivity index is 1.67. The number of fused-ring (bicyclic) bond motifs is 4. The molecule has 4 aromatic rings. The van der Waals surface area contributed by atoms with Gasteiger partial charge in [0.1, 0.15) is 19.0 Å². The summed E-state index contributed by atoms with van der Waals surface area (Å²) in [6.07, 6.45) is 1.60. The molecule has 0 atom stereocenters. The molecule has 0 bridgehead atoms. The number of hydrogen-bond donors (Lipinski definition) is 0. The first-order valence-corrected chi connectivity index (χ1v) is 11.5. The Morgan fingerprint density at radius 1 is 1.06 bits per heavy atom. The number of ether oxygens (including phenoxy) is 2. The minimum Gasteiger partial charge on any atom is -0.486 e. The van der Waals surface area contributed by atoms with E-state index in [9.17, 15) is 8.42 Å². The highest BCUT2D eigenvalue weighted by Gasteiger charge is 2.28. The van der Waals surface area contributed by atoms with Gasteiger partial charge < -0.3 is 9.47 Å². The molecule has 3 heterocycles. The van der Waals surface area contributed by atoms with Crippen molar-refractivity contribution in [2.75, 3.05) is 24.6 Å². The van der Waals surface area contributed by atoms with E-state index < -0.39 is 10.0 Å². The molecule has 0 unspecified atom stereocenters. The van der Waals surface area contributed by atoms with Gasteiger partial charge in [0.2, 0.25) is 5.65 Å². The number of rotatable bonds is 5. The van der Waals surface area contributed by atoms with Crippen molar-refractivity contribution < 1.29 is 17.9 Å². The predicted octanol–water partition coefficient (Wildman–Crippen LogP) is 2.83. The average molecular weight is 439 g/mol. The van der Waals surface area contributed by atoms with E-state index >= 15 is 0 Å². The van der Waals surface area contributed by atoms with Gasteiger partial charge in [-0.15, -0.1) is 10.2 Å². The largest absolute Gasteiger partial charge is 0.486 e. The lowest BCUT2D eigenvalue weighted by Gasteiger charge is -2.22. The molecule has 2 aromatic carbocycles. The molecule has 0 saturated heterocycles. The van der Waals surface area contributed by atoms with Crippen molar-refractivity contribution in [1.82, 2.24) is 19.6 Å². The smallest absolute Gasteiger partial charge is 0.265 e. The van der Waals surface area contributed by atoms with Crippen molar-refractivity contribution in [2.45, 2.75) is 24.7 Å². The molecule has 9 nitrogen and oxygen atoms in total. The molecule has 0 spiro atoms. The van der Waals surface area contributed by atoms with E-state index in [4.69, 9.17) is 9.47 Å². The van der Waals surface area contributed by atoms with Crippen LogP contribution in [0.25, 0.3) is 16.7 Å². The van der Waals surface area contributed by atoms with Gasteiger partial charge in [-0.05, 0) is 30.7 Å². The van der Waals surface area contributed by atoms with Crippen LogP contribution in [0.3, 0.4) is 0 Å². The zero-order valence-electron chi connectivity index (χ0n) is 17.1. The highest BCUT2D eigenvalue weighted by molar-refractivity contribution is 7.92. The molecule has 2 aromatic heterocycles. The molecular formula is C21H21N5O4S. The Hall–Kier alpha value is -3.40. The summed E-state index contributed by atoms with van der Waals surface area (Å²) in [5.41, 5.74) is 1.89. The summed E-state index contributed by atoms with van der Waals surface area (Å²) < 4.78 is 41.0. The molecule has 1 aliphatic rings. The van der Waals surface area contributed by atoms with Crippen LogP contribution in [-0.2, 0) is 16.4 Å². The first-order valence-electron chi connectivity index (χ1n) is 10.0. The molecule has 10 heteroatoms. The summed E-state index contributed by atoms with van der Waals surface area (Å²) in [6, 6.07) is 12.1. The van der Waals surface area contributed by atoms with Crippen LogP contribution in [0.15, 0.2) is 47.4 Å². The van der Waals surface area contributed by atoms with Gasteiger partial charge in [0.25, 0.3) is 10.0 Å². The van der Waals surface area contributed by atoms with Crippen LogP contribution in [0.2, 0.25) is 0 Å². The zero-order valence-corrected chi connectivity index (χ0v) is 18.0. The Bertz CT molecular complexity index is 1400. The van der Waals surface area contributed by atoms with Gasteiger partial charge in [-0.3, -0.25) is 4.40 Å². The van der Waals surface area contributed by atoms with Crippen LogP contribution in [0, 0.1) is 0 Å². The molecule has 0 aliphatic carbocycles. The van der Waals surface area contributed by atoms with Gasteiger partial charge in [-0.1, -0.05) is 19.1 Å². The lowest BCUT2D eigenvalue weighted by atomic mass is 10.2. The maximum atomic E-state index is 13.5. The van der Waals surface area contributed by atoms with Crippen molar-refractivity contribution >= 4 is 32.5 Å². The molecule has 160 valence electrons. The normalized spacial score (nSPS) is 13.6. The molecule has 5 rings (SSSR count). The van der Waals surface area contributed by atoms with Gasteiger partial charge in [0.05, 0.1) is 15.9 Å². The second kappa shape index (κ2) is 7.38. The second-order valence-corrected chi connectivity index (χ2v) is 9.20. The summed E-state index contributed by atoms with van der Waals surface area (Å²) in [5, 5.41) is 8.59. The van der Waals surface area contributed by atoms with E-state index in [0.29, 0.717) is 42.3 Å². The number of aromatic nitrogens is 4. The fraction of sp³-hybridized carbons (Fsp3) is 0.286. The number of para-hydroxylation sites is 2. The molecule has 0 saturated carbocycles. The van der Waals surface area contributed by atoms with Gasteiger partial charge in [0.15, 0.2) is 17.3 Å². The predicted molar refractivity (Wildman–Crippen MR) is 115 cm³/mol. The molecule has 0 N–H and O–H groups in total. The molecule has 0 amide bonds. The Kier molecular flexibility index (Phi) is 4.66. The van der Waals surface area contributed by atoms with E-state index in [0.717, 1.165) is 22.1 Å². The van der Waals surface area contributed by atoms with Crippen molar-refractivity contribution in [3.05, 3.63) is 48.3 Å². The third-order valence-electron chi connectivity index (χ3n) is 5.22. The van der Waals surface area contributed by atoms with E-state index in [-0.39, 0.29) is 10.7 Å². The number of aryl methyl sites for hydroxylation is 1. The highest BCUT2D eigenvalue weighted by atomic mass is 32.2. The minimum atomic E-state index is -3.93. The summed E-state index contributed by atoms with van der Waals surface area (Å²) in [7, 11) is -2.46. The van der Waals surface area contributed by atoms with E-state index in [1.807, 2.05) is 28.7 Å². The van der Waals surface area contributed by atoms with Crippen LogP contribution < -0.4 is 13.8 Å². The number of sulfonamides is 1. The number of hydrogen-bond acceptors (Lipinski definition) is 7. The van der Waals surface area contributed by atoms with Crippen LogP contribution in [0.5, 0.6) is 11.5 Å². The summed E-state index contributed by atoms with van der Waals surface area (Å²) >= 11 is 0. The third-order valence-corrected chi connectivity index (χ3v) is 6.97. The molecule has 31 heavy (non-hydrogen) atoms. The number of nitrogens with zero attached hydrogens (tertiary/aromatic N) is 5. The first-order chi connectivity index (χ1) is 15.0. The van der Waals surface area contributed by atoms with Crippen molar-refractivity contribution in [2.24, 2.45) is 0 Å². The monoisotopic (exact) mass is 439 g/mol. The molecule has 1 aliphatic heterocycles. The lowest BCUT2D eigenvalue weighted by molar-refractivity contribution is 0.171. The fourth-order valence-corrected chi connectivity index (χ4v) is 4.84. The Morgan fingerprint density at radius 3 is 2.65 bits per heavy atom. The van der Waals surface area contributed by atoms with Crippen LogP contribution in [0.1, 0.15) is 19.2 Å². The minimum absolute atomic E-state index is 0.0839. The standard InChI is InChI=1S/C21H21N5O4S/c1-3-6-19-23-24-21-20(22-15-7-4-5-8-16(15)26(19)21)25(2)31(27,28)14-9-10-17-18(13-14)30-12-11-29-17/h4-5,7-10,13H,3,6,11-12H2,1-2H3. The Morgan fingerprint density at radius 2 is 1.84 bits per heavy atom. The van der Waals surface area contributed by atoms with Crippen LogP contribution in [-0.4, -0.2) is 48.3 Å². The van der Waals surface area contributed by atoms with Crippen LogP contribution in [0.4, 0.5) is 5.82 Å². The van der Waals surface area contributed by atoms with Crippen LogP contribution >= 0.6 is 0 Å². The van der Waals surface area contributed by atoms with Gasteiger partial charge >= 0.3 is 0 Å². The maximum Gasteiger partial charge on any atom is 0.265 e. The highest BCUT2D eigenvalue weighted by Crippen LogP contribution is 2.34. The molecule has 0 fully saturated rings. The molecule has 0 radical (unpaired) electrons. The third kappa shape index (κ3) is 3.14. The van der Waals surface area contributed by atoms with Gasteiger partial charge in [-0.25, -0.2) is 17.7 Å². The topological polar surface area (TPSA) is 98.9 Å². The van der Waals surface area contributed by atoms with E-state index in [1.165, 1.54) is 19.2 Å². The van der Waals surface area contributed by atoms with E-state index in [1.54, 1.807) is 6.07 Å². The number of anilines is 1. The van der Waals surface area contributed by atoms with Crippen molar-refractivity contribution in [3.8, 4) is 11.5 Å². The summed E-state index contributed by atoms with van der Waals surface area (Å²) in [4.78, 5) is 4.71. The average Bonchev–Trinajstić information content (AvgIpc) is 3.22.